The average Bonchev–Trinajstić information content (AvgIpc) is 2.97. The lowest BCUT2D eigenvalue weighted by Gasteiger charge is -2.21. The van der Waals surface area contributed by atoms with E-state index in [0.29, 0.717) is 24.3 Å². The van der Waals surface area contributed by atoms with Crippen molar-refractivity contribution in [2.45, 2.75) is 19.5 Å². The number of nitrogens with zero attached hydrogens (tertiary/aromatic N) is 1. The lowest BCUT2D eigenvalue weighted by atomic mass is 10.1. The van der Waals surface area contributed by atoms with E-state index in [1.807, 2.05) is 43.3 Å². The molecular formula is C19H18N2O4S. The summed E-state index contributed by atoms with van der Waals surface area (Å²) in [6.45, 7) is 2.97. The Bertz CT molecular complexity index is 1020. The third-order valence-corrected chi connectivity index (χ3v) is 5.35. The van der Waals surface area contributed by atoms with Crippen LogP contribution in [0.15, 0.2) is 47.3 Å². The Hall–Kier alpha value is -2.80. The molecule has 3 aromatic rings. The Balaban J connectivity index is 1.47. The fourth-order valence-corrected chi connectivity index (χ4v) is 3.95. The molecule has 1 aromatic heterocycles. The van der Waals surface area contributed by atoms with E-state index in [1.54, 1.807) is 6.07 Å². The summed E-state index contributed by atoms with van der Waals surface area (Å²) in [6, 6.07) is 12.8. The normalized spacial score (nSPS) is 14.2. The lowest BCUT2D eigenvalue weighted by molar-refractivity contribution is -0.122. The first kappa shape index (κ1) is 16.7. The molecule has 0 spiro atoms. The van der Waals surface area contributed by atoms with Gasteiger partial charge in [0.2, 0.25) is 5.91 Å². The van der Waals surface area contributed by atoms with Crippen LogP contribution in [0.5, 0.6) is 11.5 Å². The smallest absolute Gasteiger partial charge is 0.268 e. The SMILES string of the molecule is C[C@@H](NC(=O)Cn1sc2ccccc2c1=O)c1ccc2c(c1)OCCO2. The molecule has 7 heteroatoms. The second kappa shape index (κ2) is 6.84. The topological polar surface area (TPSA) is 69.6 Å². The van der Waals surface area contributed by atoms with E-state index >= 15 is 0 Å². The molecule has 1 N–H and O–H groups in total. The maximum absolute atomic E-state index is 12.4. The van der Waals surface area contributed by atoms with Crippen LogP contribution in [0.4, 0.5) is 0 Å². The zero-order chi connectivity index (χ0) is 18.1. The van der Waals surface area contributed by atoms with E-state index < -0.39 is 0 Å². The molecule has 0 fully saturated rings. The van der Waals surface area contributed by atoms with Crippen LogP contribution in [0.2, 0.25) is 0 Å². The van der Waals surface area contributed by atoms with E-state index in [-0.39, 0.29) is 24.1 Å². The minimum atomic E-state index is -0.207. The molecule has 1 aliphatic heterocycles. The fraction of sp³-hybridized carbons (Fsp3) is 0.263. The van der Waals surface area contributed by atoms with Crippen LogP contribution in [0.1, 0.15) is 18.5 Å². The average molecular weight is 370 g/mol. The molecule has 6 nitrogen and oxygen atoms in total. The Morgan fingerprint density at radius 1 is 1.19 bits per heavy atom. The zero-order valence-electron chi connectivity index (χ0n) is 14.2. The highest BCUT2D eigenvalue weighted by atomic mass is 32.1. The lowest BCUT2D eigenvalue weighted by Crippen LogP contribution is -2.32. The van der Waals surface area contributed by atoms with Crippen LogP contribution >= 0.6 is 11.5 Å². The van der Waals surface area contributed by atoms with Crippen molar-refractivity contribution in [3.8, 4) is 11.5 Å². The molecule has 1 amide bonds. The summed E-state index contributed by atoms with van der Waals surface area (Å²) in [5, 5.41) is 3.58. The van der Waals surface area contributed by atoms with Crippen LogP contribution in [0.25, 0.3) is 10.1 Å². The van der Waals surface area contributed by atoms with Crippen molar-refractivity contribution < 1.29 is 14.3 Å². The van der Waals surface area contributed by atoms with Gasteiger partial charge in [0.05, 0.1) is 16.1 Å². The van der Waals surface area contributed by atoms with Crippen LogP contribution in [-0.2, 0) is 11.3 Å². The number of hydrogen-bond acceptors (Lipinski definition) is 5. The van der Waals surface area contributed by atoms with Gasteiger partial charge in [-0.05, 0) is 36.8 Å². The molecule has 0 bridgehead atoms. The van der Waals surface area contributed by atoms with E-state index in [1.165, 1.54) is 15.5 Å². The maximum Gasteiger partial charge on any atom is 0.268 e. The Morgan fingerprint density at radius 2 is 1.96 bits per heavy atom. The highest BCUT2D eigenvalue weighted by Gasteiger charge is 2.17. The summed E-state index contributed by atoms with van der Waals surface area (Å²) in [7, 11) is 0. The van der Waals surface area contributed by atoms with Gasteiger partial charge in [0, 0.05) is 0 Å². The van der Waals surface area contributed by atoms with Crippen LogP contribution in [0.3, 0.4) is 0 Å². The number of nitrogens with one attached hydrogen (secondary N) is 1. The number of fused-ring (bicyclic) bond motifs is 2. The second-order valence-corrected chi connectivity index (χ2v) is 7.18. The number of ether oxygens (including phenoxy) is 2. The molecular weight excluding hydrogens is 352 g/mol. The van der Waals surface area contributed by atoms with Gasteiger partial charge in [-0.25, -0.2) is 0 Å². The summed E-state index contributed by atoms with van der Waals surface area (Å²) in [5.41, 5.74) is 0.791. The Morgan fingerprint density at radius 3 is 2.77 bits per heavy atom. The van der Waals surface area contributed by atoms with Crippen molar-refractivity contribution >= 4 is 27.5 Å². The third kappa shape index (κ3) is 3.17. The third-order valence-electron chi connectivity index (χ3n) is 4.28. The van der Waals surface area contributed by atoms with Crippen molar-refractivity contribution in [3.63, 3.8) is 0 Å². The van der Waals surface area contributed by atoms with Crippen molar-refractivity contribution in [2.75, 3.05) is 13.2 Å². The molecule has 134 valence electrons. The number of carbonyl (C=O) groups is 1. The van der Waals surface area contributed by atoms with E-state index in [9.17, 15) is 9.59 Å². The monoisotopic (exact) mass is 370 g/mol. The van der Waals surface area contributed by atoms with Crippen molar-refractivity contribution in [1.29, 1.82) is 0 Å². The van der Waals surface area contributed by atoms with Gasteiger partial charge in [-0.1, -0.05) is 29.7 Å². The van der Waals surface area contributed by atoms with Crippen molar-refractivity contribution in [3.05, 3.63) is 58.4 Å². The standard InChI is InChI=1S/C19H18N2O4S/c1-12(13-6-7-15-16(10-13)25-9-8-24-15)20-18(22)11-21-19(23)14-4-2-3-5-17(14)26-21/h2-7,10,12H,8-9,11H2,1H3,(H,20,22)/t12-/m1/s1. The van der Waals surface area contributed by atoms with Gasteiger partial charge in [0.25, 0.3) is 5.56 Å². The van der Waals surface area contributed by atoms with Crippen molar-refractivity contribution in [1.82, 2.24) is 9.27 Å². The first-order valence-electron chi connectivity index (χ1n) is 8.39. The summed E-state index contributed by atoms with van der Waals surface area (Å²) < 4.78 is 13.5. The first-order valence-corrected chi connectivity index (χ1v) is 9.17. The van der Waals surface area contributed by atoms with E-state index in [0.717, 1.165) is 16.0 Å². The highest BCUT2D eigenvalue weighted by molar-refractivity contribution is 7.13. The molecule has 0 radical (unpaired) electrons. The molecule has 0 saturated carbocycles. The van der Waals surface area contributed by atoms with E-state index in [2.05, 4.69) is 5.32 Å². The molecule has 1 aliphatic rings. The van der Waals surface area contributed by atoms with Gasteiger partial charge in [0.1, 0.15) is 19.8 Å². The second-order valence-electron chi connectivity index (χ2n) is 6.12. The molecule has 0 aliphatic carbocycles. The number of amides is 1. The summed E-state index contributed by atoms with van der Waals surface area (Å²) in [4.78, 5) is 24.7. The molecule has 0 unspecified atom stereocenters. The predicted octanol–water partition coefficient (Wildman–Crippen LogP) is 2.71. The van der Waals surface area contributed by atoms with Gasteiger partial charge in [-0.15, -0.1) is 0 Å². The summed E-state index contributed by atoms with van der Waals surface area (Å²) in [6.07, 6.45) is 0. The van der Waals surface area contributed by atoms with Gasteiger partial charge < -0.3 is 14.8 Å². The Labute approximate surface area is 154 Å². The van der Waals surface area contributed by atoms with E-state index in [4.69, 9.17) is 9.47 Å². The highest BCUT2D eigenvalue weighted by Crippen LogP contribution is 2.32. The minimum Gasteiger partial charge on any atom is -0.486 e. The molecule has 0 saturated heterocycles. The Kier molecular flexibility index (Phi) is 4.38. The molecule has 2 aromatic carbocycles. The van der Waals surface area contributed by atoms with Crippen LogP contribution in [-0.4, -0.2) is 23.1 Å². The quantitative estimate of drug-likeness (QED) is 0.767. The number of rotatable bonds is 4. The zero-order valence-corrected chi connectivity index (χ0v) is 15.0. The summed E-state index contributed by atoms with van der Waals surface area (Å²) in [5.74, 6) is 1.20. The van der Waals surface area contributed by atoms with Crippen LogP contribution < -0.4 is 20.3 Å². The van der Waals surface area contributed by atoms with Gasteiger partial charge in [-0.3, -0.25) is 13.5 Å². The van der Waals surface area contributed by atoms with Crippen molar-refractivity contribution in [2.24, 2.45) is 0 Å². The van der Waals surface area contributed by atoms with Gasteiger partial charge in [-0.2, -0.15) is 0 Å². The number of benzene rings is 2. The van der Waals surface area contributed by atoms with Gasteiger partial charge in [0.15, 0.2) is 11.5 Å². The minimum absolute atomic E-state index is 0.00702. The number of aromatic nitrogens is 1. The number of carbonyl (C=O) groups excluding carboxylic acids is 1. The molecule has 26 heavy (non-hydrogen) atoms. The summed E-state index contributed by atoms with van der Waals surface area (Å²) >= 11 is 1.30. The van der Waals surface area contributed by atoms with Crippen LogP contribution in [0, 0.1) is 0 Å². The maximum atomic E-state index is 12.4. The largest absolute Gasteiger partial charge is 0.486 e. The first-order chi connectivity index (χ1) is 12.6. The molecule has 2 heterocycles. The predicted molar refractivity (Wildman–Crippen MR) is 100 cm³/mol. The molecule has 4 rings (SSSR count). The fourth-order valence-electron chi connectivity index (χ4n) is 2.95. The molecule has 1 atom stereocenters. The number of hydrogen-bond donors (Lipinski definition) is 1. The van der Waals surface area contributed by atoms with Gasteiger partial charge >= 0.3 is 0 Å².